The standard InChI is InChI=1S/C34H34O6/c1-10-28(35)38-32-21(6)15-25(16-22(32)7)31(26-17-23(8)33(24(9)18-26)39-29(36)11-2)27-14-19(4)13-20(5)34(27)40-30(37)12-3/h10-18,31H,1-3H2,4-9H3. The first-order valence-corrected chi connectivity index (χ1v) is 12.8. The zero-order valence-electron chi connectivity index (χ0n) is 23.8. The second kappa shape index (κ2) is 12.4. The van der Waals surface area contributed by atoms with Gasteiger partial charge in [0.05, 0.1) is 0 Å². The Labute approximate surface area is 235 Å². The van der Waals surface area contributed by atoms with Crippen LogP contribution in [0.4, 0.5) is 0 Å². The van der Waals surface area contributed by atoms with E-state index in [2.05, 4.69) is 19.7 Å². The SMILES string of the molecule is C=CC(=O)Oc1c(C)cc(C(c2cc(C)c(OC(=O)C=C)c(C)c2)c2cc(C)cc(C)c2OC(=O)C=C)cc1C. The Bertz CT molecular complexity index is 1420. The number of hydrogen-bond donors (Lipinski definition) is 0. The molecule has 0 aliphatic carbocycles. The molecule has 0 amide bonds. The van der Waals surface area contributed by atoms with E-state index in [1.54, 1.807) is 0 Å². The van der Waals surface area contributed by atoms with Crippen molar-refractivity contribution in [1.82, 2.24) is 0 Å². The molecule has 0 unspecified atom stereocenters. The van der Waals surface area contributed by atoms with E-state index in [0.717, 1.165) is 68.3 Å². The lowest BCUT2D eigenvalue weighted by molar-refractivity contribution is -0.129. The van der Waals surface area contributed by atoms with Gasteiger partial charge in [0.25, 0.3) is 0 Å². The van der Waals surface area contributed by atoms with Crippen molar-refractivity contribution >= 4 is 17.9 Å². The van der Waals surface area contributed by atoms with Crippen molar-refractivity contribution in [2.75, 3.05) is 0 Å². The summed E-state index contributed by atoms with van der Waals surface area (Å²) in [6, 6.07) is 11.8. The number of benzene rings is 3. The van der Waals surface area contributed by atoms with Gasteiger partial charge in [-0.1, -0.05) is 61.7 Å². The molecule has 0 N–H and O–H groups in total. The number of carbonyl (C=O) groups excluding carboxylic acids is 3. The lowest BCUT2D eigenvalue weighted by Crippen LogP contribution is -2.13. The maximum absolute atomic E-state index is 12.4. The molecule has 0 bridgehead atoms. The number of carbonyl (C=O) groups is 3. The second-order valence-corrected chi connectivity index (χ2v) is 9.78. The van der Waals surface area contributed by atoms with Gasteiger partial charge >= 0.3 is 17.9 Å². The fraction of sp³-hybridized carbons (Fsp3) is 0.206. The third-order valence-corrected chi connectivity index (χ3v) is 6.50. The van der Waals surface area contributed by atoms with Gasteiger partial charge in [0.1, 0.15) is 17.2 Å². The maximum Gasteiger partial charge on any atom is 0.335 e. The molecule has 3 rings (SSSR count). The second-order valence-electron chi connectivity index (χ2n) is 9.78. The van der Waals surface area contributed by atoms with Crippen LogP contribution in [0.1, 0.15) is 56.0 Å². The zero-order chi connectivity index (χ0) is 29.7. The van der Waals surface area contributed by atoms with E-state index in [9.17, 15) is 14.4 Å². The highest BCUT2D eigenvalue weighted by Crippen LogP contribution is 2.43. The van der Waals surface area contributed by atoms with Crippen LogP contribution in [0.3, 0.4) is 0 Å². The van der Waals surface area contributed by atoms with Crippen LogP contribution in [0.25, 0.3) is 0 Å². The van der Waals surface area contributed by atoms with E-state index >= 15 is 0 Å². The summed E-state index contributed by atoms with van der Waals surface area (Å²) < 4.78 is 16.8. The van der Waals surface area contributed by atoms with Crippen LogP contribution in [0.2, 0.25) is 0 Å². The van der Waals surface area contributed by atoms with Crippen molar-refractivity contribution in [2.24, 2.45) is 0 Å². The monoisotopic (exact) mass is 538 g/mol. The van der Waals surface area contributed by atoms with E-state index in [-0.39, 0.29) is 0 Å². The van der Waals surface area contributed by atoms with E-state index < -0.39 is 23.8 Å². The van der Waals surface area contributed by atoms with Gasteiger partial charge in [0.2, 0.25) is 0 Å². The van der Waals surface area contributed by atoms with Crippen molar-refractivity contribution in [3.8, 4) is 17.2 Å². The van der Waals surface area contributed by atoms with Gasteiger partial charge in [-0.15, -0.1) is 0 Å². The van der Waals surface area contributed by atoms with Crippen LogP contribution in [0.15, 0.2) is 74.4 Å². The van der Waals surface area contributed by atoms with Crippen LogP contribution in [-0.4, -0.2) is 17.9 Å². The summed E-state index contributed by atoms with van der Waals surface area (Å²) in [5.74, 6) is -0.677. The Morgan fingerprint density at radius 1 is 0.550 bits per heavy atom. The summed E-state index contributed by atoms with van der Waals surface area (Å²) in [6.45, 7) is 21.9. The lowest BCUT2D eigenvalue weighted by atomic mass is 9.81. The van der Waals surface area contributed by atoms with Gasteiger partial charge in [0, 0.05) is 29.7 Å². The Morgan fingerprint density at radius 3 is 1.23 bits per heavy atom. The Balaban J connectivity index is 2.36. The lowest BCUT2D eigenvalue weighted by Gasteiger charge is -2.26. The van der Waals surface area contributed by atoms with Crippen molar-refractivity contribution in [3.63, 3.8) is 0 Å². The van der Waals surface area contributed by atoms with Gasteiger partial charge in [0.15, 0.2) is 0 Å². The molecule has 6 heteroatoms. The first-order chi connectivity index (χ1) is 18.9. The first-order valence-electron chi connectivity index (χ1n) is 12.8. The molecule has 0 radical (unpaired) electrons. The molecule has 3 aromatic rings. The summed E-state index contributed by atoms with van der Waals surface area (Å²) in [7, 11) is 0. The quantitative estimate of drug-likeness (QED) is 0.126. The Hall–Kier alpha value is -4.71. The van der Waals surface area contributed by atoms with Gasteiger partial charge in [-0.05, 0) is 80.5 Å². The third-order valence-electron chi connectivity index (χ3n) is 6.50. The van der Waals surface area contributed by atoms with E-state index in [4.69, 9.17) is 14.2 Å². The molecule has 0 saturated heterocycles. The smallest absolute Gasteiger partial charge is 0.335 e. The minimum absolute atomic E-state index is 0.394. The summed E-state index contributed by atoms with van der Waals surface area (Å²) in [4.78, 5) is 36.3. The molecule has 206 valence electrons. The Kier molecular flexibility index (Phi) is 9.27. The molecule has 0 aliphatic rings. The number of aryl methyl sites for hydroxylation is 6. The molecule has 0 saturated carbocycles. The summed E-state index contributed by atoms with van der Waals surface area (Å²) in [5.41, 5.74) is 7.38. The predicted octanol–water partition coefficient (Wildman–Crippen LogP) is 6.99. The minimum Gasteiger partial charge on any atom is -0.423 e. The van der Waals surface area contributed by atoms with E-state index in [1.165, 1.54) is 0 Å². The molecule has 0 aliphatic heterocycles. The fourth-order valence-electron chi connectivity index (χ4n) is 4.94. The van der Waals surface area contributed by atoms with Crippen molar-refractivity contribution in [2.45, 2.75) is 47.5 Å². The molecule has 40 heavy (non-hydrogen) atoms. The first kappa shape index (κ1) is 29.8. The topological polar surface area (TPSA) is 78.9 Å². The van der Waals surface area contributed by atoms with E-state index in [0.29, 0.717) is 17.2 Å². The Morgan fingerprint density at radius 2 is 0.875 bits per heavy atom. The maximum atomic E-state index is 12.4. The summed E-state index contributed by atoms with van der Waals surface area (Å²) in [6.07, 6.45) is 3.38. The normalized spacial score (nSPS) is 10.6. The van der Waals surface area contributed by atoms with Crippen molar-refractivity contribution in [3.05, 3.63) is 124 Å². The van der Waals surface area contributed by atoms with E-state index in [1.807, 2.05) is 77.9 Å². The minimum atomic E-state index is -0.565. The number of rotatable bonds is 9. The number of ether oxygens (including phenoxy) is 3. The predicted molar refractivity (Wildman–Crippen MR) is 156 cm³/mol. The highest BCUT2D eigenvalue weighted by molar-refractivity contribution is 5.85. The fourth-order valence-corrected chi connectivity index (χ4v) is 4.94. The van der Waals surface area contributed by atoms with Gasteiger partial charge in [-0.25, -0.2) is 14.4 Å². The van der Waals surface area contributed by atoms with Crippen LogP contribution in [-0.2, 0) is 14.4 Å². The van der Waals surface area contributed by atoms with Crippen LogP contribution >= 0.6 is 0 Å². The van der Waals surface area contributed by atoms with Crippen molar-refractivity contribution in [1.29, 1.82) is 0 Å². The molecule has 6 nitrogen and oxygen atoms in total. The van der Waals surface area contributed by atoms with Crippen LogP contribution < -0.4 is 14.2 Å². The van der Waals surface area contributed by atoms with Gasteiger partial charge < -0.3 is 14.2 Å². The van der Waals surface area contributed by atoms with Gasteiger partial charge in [-0.2, -0.15) is 0 Å². The van der Waals surface area contributed by atoms with Crippen LogP contribution in [0.5, 0.6) is 17.2 Å². The highest BCUT2D eigenvalue weighted by atomic mass is 16.5. The molecule has 0 atom stereocenters. The third kappa shape index (κ3) is 6.46. The largest absolute Gasteiger partial charge is 0.423 e. The molecule has 0 spiro atoms. The average molecular weight is 539 g/mol. The molecule has 0 fully saturated rings. The number of esters is 3. The molecular weight excluding hydrogens is 504 g/mol. The average Bonchev–Trinajstić information content (AvgIpc) is 2.89. The molecular formula is C34H34O6. The van der Waals surface area contributed by atoms with Crippen LogP contribution in [0, 0.1) is 41.5 Å². The van der Waals surface area contributed by atoms with Crippen molar-refractivity contribution < 1.29 is 28.6 Å². The summed E-state index contributed by atoms with van der Waals surface area (Å²) in [5, 5.41) is 0. The molecule has 0 heterocycles. The zero-order valence-corrected chi connectivity index (χ0v) is 23.8. The van der Waals surface area contributed by atoms with Gasteiger partial charge in [-0.3, -0.25) is 0 Å². The molecule has 3 aromatic carbocycles. The molecule has 0 aromatic heterocycles. The highest BCUT2D eigenvalue weighted by Gasteiger charge is 2.26. The summed E-state index contributed by atoms with van der Waals surface area (Å²) >= 11 is 0. The number of hydrogen-bond acceptors (Lipinski definition) is 6.